The lowest BCUT2D eigenvalue weighted by molar-refractivity contribution is 0.318. The molecule has 126 valence electrons. The molecule has 1 fully saturated rings. The van der Waals surface area contributed by atoms with E-state index >= 15 is 0 Å². The summed E-state index contributed by atoms with van der Waals surface area (Å²) in [6.07, 6.45) is 3.14. The Kier molecular flexibility index (Phi) is 3.86. The Bertz CT molecular complexity index is 942. The molecular weight excluding hydrogens is 346 g/mol. The van der Waals surface area contributed by atoms with Gasteiger partial charge in [-0.15, -0.1) is 10.2 Å². The average molecular weight is 363 g/mol. The molecule has 0 N–H and O–H groups in total. The Morgan fingerprint density at radius 2 is 1.96 bits per heavy atom. The van der Waals surface area contributed by atoms with E-state index in [-0.39, 0.29) is 5.92 Å². The second-order valence-corrected chi connectivity index (χ2v) is 8.84. The first kappa shape index (κ1) is 15.7. The maximum atomic E-state index is 12.8. The third kappa shape index (κ3) is 2.62. The number of hydrogen-bond donors (Lipinski definition) is 0. The molecule has 4 rings (SSSR count). The number of aryl methyl sites for hydroxylation is 1. The van der Waals surface area contributed by atoms with Crippen molar-refractivity contribution in [1.29, 1.82) is 0 Å². The van der Waals surface area contributed by atoms with E-state index in [9.17, 15) is 8.42 Å². The number of piperidine rings is 1. The molecule has 1 aliphatic heterocycles. The molecule has 0 amide bonds. The molecule has 9 heteroatoms. The normalized spacial score (nSPS) is 17.5. The van der Waals surface area contributed by atoms with E-state index in [2.05, 4.69) is 15.3 Å². The van der Waals surface area contributed by atoms with Gasteiger partial charge < -0.3 is 0 Å². The first-order chi connectivity index (χ1) is 11.6. The fraction of sp³-hybridized carbons (Fsp3) is 0.400. The van der Waals surface area contributed by atoms with E-state index in [0.717, 1.165) is 28.4 Å². The molecule has 3 aromatic rings. The van der Waals surface area contributed by atoms with E-state index < -0.39 is 10.0 Å². The molecule has 7 nitrogen and oxygen atoms in total. The zero-order chi connectivity index (χ0) is 16.7. The van der Waals surface area contributed by atoms with Crippen LogP contribution < -0.4 is 0 Å². The van der Waals surface area contributed by atoms with Crippen molar-refractivity contribution in [2.24, 2.45) is 0 Å². The Hall–Kier alpha value is -1.84. The molecule has 0 unspecified atom stereocenters. The summed E-state index contributed by atoms with van der Waals surface area (Å²) >= 11 is 1.53. The maximum absolute atomic E-state index is 12.8. The molecule has 1 aromatic carbocycles. The van der Waals surface area contributed by atoms with Crippen molar-refractivity contribution in [3.05, 3.63) is 41.2 Å². The SMILES string of the molecule is Cc1ccccc1S(=O)(=O)N1CCC(c2nn3cnnc3s2)CC1. The number of aromatic nitrogens is 4. The molecule has 0 atom stereocenters. The molecular formula is C15H17N5O2S2. The number of hydrogen-bond acceptors (Lipinski definition) is 6. The summed E-state index contributed by atoms with van der Waals surface area (Å²) in [4.78, 5) is 1.18. The zero-order valence-corrected chi connectivity index (χ0v) is 14.8. The summed E-state index contributed by atoms with van der Waals surface area (Å²) in [5.74, 6) is 0.278. The van der Waals surface area contributed by atoms with Crippen LogP contribution in [-0.2, 0) is 10.0 Å². The van der Waals surface area contributed by atoms with Gasteiger partial charge in [0.25, 0.3) is 0 Å². The summed E-state index contributed by atoms with van der Waals surface area (Å²) in [6, 6.07) is 7.14. The zero-order valence-electron chi connectivity index (χ0n) is 13.2. The quantitative estimate of drug-likeness (QED) is 0.711. The van der Waals surface area contributed by atoms with E-state index in [1.54, 1.807) is 27.3 Å². The highest BCUT2D eigenvalue weighted by molar-refractivity contribution is 7.89. The molecule has 0 aliphatic carbocycles. The Morgan fingerprint density at radius 3 is 2.67 bits per heavy atom. The minimum Gasteiger partial charge on any atom is -0.207 e. The fourth-order valence-electron chi connectivity index (χ4n) is 3.07. The fourth-order valence-corrected chi connectivity index (χ4v) is 5.75. The lowest BCUT2D eigenvalue weighted by Crippen LogP contribution is -2.38. The minimum atomic E-state index is -3.42. The van der Waals surface area contributed by atoms with Crippen LogP contribution in [-0.4, -0.2) is 45.6 Å². The van der Waals surface area contributed by atoms with Gasteiger partial charge in [0.2, 0.25) is 15.0 Å². The number of fused-ring (bicyclic) bond motifs is 1. The third-order valence-corrected chi connectivity index (χ3v) is 7.55. The standard InChI is InChI=1S/C15H17N5O2S2/c1-11-4-2-3-5-13(11)24(21,22)19-8-6-12(7-9-19)14-18-20-10-16-17-15(20)23-14/h2-5,10,12H,6-9H2,1H3. The van der Waals surface area contributed by atoms with Crippen LogP contribution in [0.1, 0.15) is 29.3 Å². The summed E-state index contributed by atoms with van der Waals surface area (Å²) < 4.78 is 28.9. The van der Waals surface area contributed by atoms with E-state index in [1.807, 2.05) is 19.1 Å². The van der Waals surface area contributed by atoms with Gasteiger partial charge in [-0.1, -0.05) is 29.5 Å². The number of benzene rings is 1. The van der Waals surface area contributed by atoms with E-state index in [0.29, 0.717) is 18.0 Å². The van der Waals surface area contributed by atoms with Crippen molar-refractivity contribution < 1.29 is 8.42 Å². The van der Waals surface area contributed by atoms with Gasteiger partial charge in [-0.25, -0.2) is 8.42 Å². The van der Waals surface area contributed by atoms with Gasteiger partial charge in [0.05, 0.1) is 4.90 Å². The monoisotopic (exact) mass is 363 g/mol. The topological polar surface area (TPSA) is 80.5 Å². The Balaban J connectivity index is 1.51. The first-order valence-electron chi connectivity index (χ1n) is 7.78. The van der Waals surface area contributed by atoms with Crippen LogP contribution in [0.4, 0.5) is 0 Å². The highest BCUT2D eigenvalue weighted by Gasteiger charge is 2.32. The van der Waals surface area contributed by atoms with Crippen molar-refractivity contribution in [1.82, 2.24) is 24.1 Å². The van der Waals surface area contributed by atoms with Crippen molar-refractivity contribution >= 4 is 26.3 Å². The van der Waals surface area contributed by atoms with Crippen molar-refractivity contribution in [3.8, 4) is 0 Å². The summed E-state index contributed by atoms with van der Waals surface area (Å²) in [6.45, 7) is 2.86. The van der Waals surface area contributed by atoms with Gasteiger partial charge in [-0.05, 0) is 31.4 Å². The molecule has 24 heavy (non-hydrogen) atoms. The number of rotatable bonds is 3. The van der Waals surface area contributed by atoms with Gasteiger partial charge in [-0.2, -0.15) is 13.9 Å². The lowest BCUT2D eigenvalue weighted by atomic mass is 9.99. The van der Waals surface area contributed by atoms with Crippen molar-refractivity contribution in [2.75, 3.05) is 13.1 Å². The molecule has 1 aliphatic rings. The second kappa shape index (κ2) is 5.91. The highest BCUT2D eigenvalue weighted by Crippen LogP contribution is 2.33. The van der Waals surface area contributed by atoms with Crippen LogP contribution in [0, 0.1) is 6.92 Å². The average Bonchev–Trinajstić information content (AvgIpc) is 3.17. The molecule has 3 heterocycles. The Morgan fingerprint density at radius 1 is 1.21 bits per heavy atom. The second-order valence-electron chi connectivity index (χ2n) is 5.94. The molecule has 0 radical (unpaired) electrons. The maximum Gasteiger partial charge on any atom is 0.243 e. The first-order valence-corrected chi connectivity index (χ1v) is 10.0. The predicted molar refractivity (Wildman–Crippen MR) is 90.6 cm³/mol. The minimum absolute atomic E-state index is 0.278. The van der Waals surface area contributed by atoms with Gasteiger partial charge in [0.1, 0.15) is 11.3 Å². The van der Waals surface area contributed by atoms with Crippen LogP contribution in [0.5, 0.6) is 0 Å². The predicted octanol–water partition coefficient (Wildman–Crippen LogP) is 2.06. The van der Waals surface area contributed by atoms with E-state index in [1.165, 1.54) is 11.3 Å². The van der Waals surface area contributed by atoms with Gasteiger partial charge in [0.15, 0.2) is 0 Å². The molecule has 0 spiro atoms. The van der Waals surface area contributed by atoms with Crippen molar-refractivity contribution in [3.63, 3.8) is 0 Å². The lowest BCUT2D eigenvalue weighted by Gasteiger charge is -2.30. The van der Waals surface area contributed by atoms with Gasteiger partial charge in [-0.3, -0.25) is 0 Å². The smallest absolute Gasteiger partial charge is 0.207 e. The van der Waals surface area contributed by atoms with Crippen molar-refractivity contribution in [2.45, 2.75) is 30.6 Å². The van der Waals surface area contributed by atoms with Crippen LogP contribution in [0.25, 0.3) is 4.96 Å². The number of sulfonamides is 1. The van der Waals surface area contributed by atoms with Crippen LogP contribution in [0.15, 0.2) is 35.5 Å². The van der Waals surface area contributed by atoms with Gasteiger partial charge in [0, 0.05) is 19.0 Å². The number of nitrogens with zero attached hydrogens (tertiary/aromatic N) is 5. The molecule has 0 saturated carbocycles. The van der Waals surface area contributed by atoms with E-state index in [4.69, 9.17) is 0 Å². The molecule has 1 saturated heterocycles. The summed E-state index contributed by atoms with van der Waals surface area (Å²) in [5, 5.41) is 13.3. The summed E-state index contributed by atoms with van der Waals surface area (Å²) in [5.41, 5.74) is 0.785. The van der Waals surface area contributed by atoms with Gasteiger partial charge >= 0.3 is 0 Å². The molecule has 0 bridgehead atoms. The largest absolute Gasteiger partial charge is 0.243 e. The molecule has 2 aromatic heterocycles. The Labute approximate surface area is 144 Å². The summed E-state index contributed by atoms with van der Waals surface area (Å²) in [7, 11) is -3.42. The van der Waals surface area contributed by atoms with Crippen LogP contribution >= 0.6 is 11.3 Å². The highest BCUT2D eigenvalue weighted by atomic mass is 32.2. The third-order valence-electron chi connectivity index (χ3n) is 4.42. The van der Waals surface area contributed by atoms with Crippen LogP contribution in [0.2, 0.25) is 0 Å². The van der Waals surface area contributed by atoms with Crippen LogP contribution in [0.3, 0.4) is 0 Å².